The molecule has 2 heterocycles. The van der Waals surface area contributed by atoms with Gasteiger partial charge in [0.15, 0.2) is 0 Å². The molecule has 5 unspecified atom stereocenters. The minimum Gasteiger partial charge on any atom is -0.370 e. The van der Waals surface area contributed by atoms with Gasteiger partial charge in [0.1, 0.15) is 5.82 Å². The minimum absolute atomic E-state index is 0.0766. The van der Waals surface area contributed by atoms with Crippen LogP contribution in [-0.2, 0) is 16.1 Å². The number of hydrogen-bond acceptors (Lipinski definition) is 2. The Morgan fingerprint density at radius 2 is 2.05 bits per heavy atom. The lowest BCUT2D eigenvalue weighted by Gasteiger charge is -2.58. The predicted molar refractivity (Wildman–Crippen MR) is 78.3 cm³/mol. The van der Waals surface area contributed by atoms with Crippen LogP contribution in [0.4, 0.5) is 4.39 Å². The van der Waals surface area contributed by atoms with Gasteiger partial charge < -0.3 is 9.47 Å². The molecule has 4 aliphatic rings. The zero-order valence-electron chi connectivity index (χ0n) is 12.8. The van der Waals surface area contributed by atoms with Gasteiger partial charge in [0, 0.05) is 5.56 Å². The van der Waals surface area contributed by atoms with Crippen LogP contribution >= 0.6 is 0 Å². The Hall–Kier alpha value is -0.930. The molecule has 5 rings (SSSR count). The van der Waals surface area contributed by atoms with Crippen LogP contribution in [0.15, 0.2) is 24.3 Å². The van der Waals surface area contributed by atoms with Gasteiger partial charge in [-0.1, -0.05) is 25.1 Å². The van der Waals surface area contributed by atoms with Gasteiger partial charge in [-0.15, -0.1) is 0 Å². The summed E-state index contributed by atoms with van der Waals surface area (Å²) in [5, 5.41) is 0. The van der Waals surface area contributed by atoms with Crippen LogP contribution in [-0.4, -0.2) is 17.8 Å². The summed E-state index contributed by atoms with van der Waals surface area (Å²) in [6.07, 6.45) is 5.09. The van der Waals surface area contributed by atoms with E-state index in [2.05, 4.69) is 13.8 Å². The zero-order valence-corrected chi connectivity index (χ0v) is 12.8. The lowest BCUT2D eigenvalue weighted by Crippen LogP contribution is -2.63. The molecular formula is C18H23FO2. The van der Waals surface area contributed by atoms with Crippen molar-refractivity contribution in [3.63, 3.8) is 0 Å². The molecule has 2 nitrogen and oxygen atoms in total. The summed E-state index contributed by atoms with van der Waals surface area (Å²) >= 11 is 0. The van der Waals surface area contributed by atoms with Gasteiger partial charge >= 0.3 is 0 Å². The minimum atomic E-state index is -0.186. The molecule has 5 atom stereocenters. The summed E-state index contributed by atoms with van der Waals surface area (Å²) in [6.45, 7) is 4.87. The summed E-state index contributed by atoms with van der Waals surface area (Å²) in [4.78, 5) is 0. The van der Waals surface area contributed by atoms with E-state index in [0.29, 0.717) is 18.3 Å². The fourth-order valence-electron chi connectivity index (χ4n) is 4.83. The predicted octanol–water partition coefficient (Wildman–Crippen LogP) is 4.08. The van der Waals surface area contributed by atoms with E-state index in [1.54, 1.807) is 12.1 Å². The van der Waals surface area contributed by atoms with Gasteiger partial charge in [-0.05, 0) is 50.0 Å². The Labute approximate surface area is 125 Å². The van der Waals surface area contributed by atoms with E-state index in [9.17, 15) is 4.39 Å². The van der Waals surface area contributed by atoms with Crippen LogP contribution in [0.25, 0.3) is 0 Å². The van der Waals surface area contributed by atoms with E-state index in [1.807, 2.05) is 6.07 Å². The molecule has 2 saturated heterocycles. The monoisotopic (exact) mass is 290 g/mol. The second kappa shape index (κ2) is 4.53. The van der Waals surface area contributed by atoms with Gasteiger partial charge in [0.2, 0.25) is 0 Å². The number of ether oxygens (including phenoxy) is 2. The Bertz CT molecular complexity index is 542. The highest BCUT2D eigenvalue weighted by Gasteiger charge is 2.63. The van der Waals surface area contributed by atoms with Gasteiger partial charge in [-0.3, -0.25) is 0 Å². The first kappa shape index (κ1) is 13.7. The summed E-state index contributed by atoms with van der Waals surface area (Å²) in [6, 6.07) is 6.86. The van der Waals surface area contributed by atoms with Crippen molar-refractivity contribution in [1.82, 2.24) is 0 Å². The molecule has 4 bridgehead atoms. The van der Waals surface area contributed by atoms with Crippen molar-refractivity contribution in [2.45, 2.75) is 63.9 Å². The average molecular weight is 290 g/mol. The molecule has 0 radical (unpaired) electrons. The highest BCUT2D eigenvalue weighted by atomic mass is 19.1. The van der Waals surface area contributed by atoms with Crippen molar-refractivity contribution in [2.24, 2.45) is 11.3 Å². The number of hydrogen-bond donors (Lipinski definition) is 0. The third-order valence-corrected chi connectivity index (χ3v) is 6.21. The number of fused-ring (bicyclic) bond motifs is 1. The van der Waals surface area contributed by atoms with E-state index in [0.717, 1.165) is 18.8 Å². The van der Waals surface area contributed by atoms with Crippen LogP contribution < -0.4 is 0 Å². The maximum Gasteiger partial charge on any atom is 0.128 e. The smallest absolute Gasteiger partial charge is 0.128 e. The van der Waals surface area contributed by atoms with Gasteiger partial charge in [0.05, 0.1) is 24.4 Å². The van der Waals surface area contributed by atoms with Gasteiger partial charge in [0.25, 0.3) is 0 Å². The van der Waals surface area contributed by atoms with Crippen LogP contribution in [0.2, 0.25) is 0 Å². The molecule has 1 aromatic rings. The molecule has 0 N–H and O–H groups in total. The zero-order chi connectivity index (χ0) is 14.7. The van der Waals surface area contributed by atoms with Gasteiger partial charge in [-0.2, -0.15) is 0 Å². The number of benzene rings is 1. The van der Waals surface area contributed by atoms with E-state index in [4.69, 9.17) is 9.47 Å². The van der Waals surface area contributed by atoms with E-state index in [-0.39, 0.29) is 22.9 Å². The quantitative estimate of drug-likeness (QED) is 0.835. The normalized spacial score (nSPS) is 44.2. The summed E-state index contributed by atoms with van der Waals surface area (Å²) in [7, 11) is 0. The fraction of sp³-hybridized carbons (Fsp3) is 0.667. The molecule has 114 valence electrons. The third kappa shape index (κ3) is 1.97. The lowest BCUT2D eigenvalue weighted by molar-refractivity contribution is -0.280. The SMILES string of the molecule is CC12CC3CCC(O1)C3(C)CC2OCc1ccccc1F. The maximum atomic E-state index is 13.7. The Balaban J connectivity index is 1.51. The van der Waals surface area contributed by atoms with Crippen molar-refractivity contribution in [3.8, 4) is 0 Å². The van der Waals surface area contributed by atoms with E-state index < -0.39 is 0 Å². The molecule has 0 aromatic heterocycles. The Morgan fingerprint density at radius 1 is 1.24 bits per heavy atom. The van der Waals surface area contributed by atoms with Crippen molar-refractivity contribution in [3.05, 3.63) is 35.6 Å². The van der Waals surface area contributed by atoms with Crippen molar-refractivity contribution < 1.29 is 13.9 Å². The lowest BCUT2D eigenvalue weighted by atomic mass is 9.60. The third-order valence-electron chi connectivity index (χ3n) is 6.21. The maximum absolute atomic E-state index is 13.7. The largest absolute Gasteiger partial charge is 0.370 e. The first-order chi connectivity index (χ1) is 10.0. The molecule has 4 fully saturated rings. The molecule has 21 heavy (non-hydrogen) atoms. The second-order valence-electron chi connectivity index (χ2n) is 7.50. The molecular weight excluding hydrogens is 267 g/mol. The second-order valence-corrected chi connectivity index (χ2v) is 7.50. The van der Waals surface area contributed by atoms with Crippen molar-refractivity contribution in [2.75, 3.05) is 0 Å². The van der Waals surface area contributed by atoms with Crippen LogP contribution in [0.3, 0.4) is 0 Å². The first-order valence-corrected chi connectivity index (χ1v) is 8.04. The molecule has 3 heteroatoms. The summed E-state index contributed by atoms with van der Waals surface area (Å²) < 4.78 is 26.2. The standard InChI is InChI=1S/C18H23FO2/c1-17-10-16(20-11-12-5-3-4-6-14(12)19)18(2)9-13(17)7-8-15(17)21-18/h3-6,13,15-16H,7-11H2,1-2H3. The fourth-order valence-corrected chi connectivity index (χ4v) is 4.83. The Morgan fingerprint density at radius 3 is 2.81 bits per heavy atom. The van der Waals surface area contributed by atoms with Crippen molar-refractivity contribution >= 4 is 0 Å². The Kier molecular flexibility index (Phi) is 2.96. The molecule has 2 aliphatic carbocycles. The highest BCUT2D eigenvalue weighted by molar-refractivity contribution is 5.17. The molecule has 1 aromatic carbocycles. The summed E-state index contributed by atoms with van der Waals surface area (Å²) in [5.41, 5.74) is 0.711. The topological polar surface area (TPSA) is 18.5 Å². The van der Waals surface area contributed by atoms with Crippen LogP contribution in [0.1, 0.15) is 45.1 Å². The number of rotatable bonds is 3. The van der Waals surface area contributed by atoms with Gasteiger partial charge in [-0.25, -0.2) is 4.39 Å². The van der Waals surface area contributed by atoms with E-state index >= 15 is 0 Å². The van der Waals surface area contributed by atoms with Crippen LogP contribution in [0.5, 0.6) is 0 Å². The van der Waals surface area contributed by atoms with Crippen molar-refractivity contribution in [1.29, 1.82) is 0 Å². The average Bonchev–Trinajstić information content (AvgIpc) is 2.65. The molecule has 2 saturated carbocycles. The number of halogens is 1. The molecule has 0 spiro atoms. The molecule has 0 amide bonds. The highest BCUT2D eigenvalue weighted by Crippen LogP contribution is 2.62. The van der Waals surface area contributed by atoms with E-state index in [1.165, 1.54) is 18.9 Å². The van der Waals surface area contributed by atoms with Crippen LogP contribution in [0, 0.1) is 17.2 Å². The molecule has 2 aliphatic heterocycles. The first-order valence-electron chi connectivity index (χ1n) is 8.04. The summed E-state index contributed by atoms with van der Waals surface area (Å²) in [5.74, 6) is 0.588.